The monoisotopic (exact) mass is 691 g/mol. The fourth-order valence-electron chi connectivity index (χ4n) is 4.44. The molecule has 1 aliphatic rings. The van der Waals surface area contributed by atoms with Crippen LogP contribution < -0.4 is 15.5 Å². The summed E-state index contributed by atoms with van der Waals surface area (Å²) in [5.41, 5.74) is 4.67. The zero-order valence-electron chi connectivity index (χ0n) is 23.5. The number of hydroxylamine groups is 1. The molecule has 0 radical (unpaired) electrons. The van der Waals surface area contributed by atoms with Gasteiger partial charge in [-0.2, -0.15) is 0 Å². The number of rotatable bonds is 16. The van der Waals surface area contributed by atoms with E-state index in [1.807, 2.05) is 36.4 Å². The van der Waals surface area contributed by atoms with E-state index >= 15 is 0 Å². The van der Waals surface area contributed by atoms with Crippen molar-refractivity contribution in [3.05, 3.63) is 81.7 Å². The number of anilines is 2. The van der Waals surface area contributed by atoms with Crippen LogP contribution in [0, 0.1) is 9.49 Å². The number of aromatic nitrogens is 1. The number of carbonyl (C=O) groups is 1. The van der Waals surface area contributed by atoms with Crippen LogP contribution in [0.3, 0.4) is 0 Å². The molecule has 220 valence electrons. The highest BCUT2D eigenvalue weighted by Crippen LogP contribution is 2.29. The number of sulfonamides is 1. The molecule has 1 heterocycles. The van der Waals surface area contributed by atoms with Gasteiger partial charge in [-0.15, -0.1) is 0 Å². The maximum atomic E-state index is 13.7. The lowest BCUT2D eigenvalue weighted by molar-refractivity contribution is 0.0271. The Balaban J connectivity index is 1.58. The van der Waals surface area contributed by atoms with Gasteiger partial charge in [0.05, 0.1) is 22.8 Å². The van der Waals surface area contributed by atoms with Crippen molar-refractivity contribution in [1.29, 1.82) is 0 Å². The number of pyridine rings is 1. The number of carbonyl (C=O) groups excluding carboxylic acids is 1. The van der Waals surface area contributed by atoms with Crippen molar-refractivity contribution in [2.45, 2.75) is 50.5 Å². The Morgan fingerprint density at radius 1 is 1.12 bits per heavy atom. The second-order valence-electron chi connectivity index (χ2n) is 10.2. The van der Waals surface area contributed by atoms with E-state index in [4.69, 9.17) is 4.84 Å². The smallest absolute Gasteiger partial charge is 0.276 e. The molecule has 3 N–H and O–H groups in total. The summed E-state index contributed by atoms with van der Waals surface area (Å²) in [5, 5.41) is 3.22. The molecule has 1 amide bonds. The number of nitrogens with zero attached hydrogens (tertiary/aromatic N) is 2. The summed E-state index contributed by atoms with van der Waals surface area (Å²) in [6, 6.07) is 15.3. The van der Waals surface area contributed by atoms with Crippen LogP contribution in [0.25, 0.3) is 0 Å². The number of amides is 1. The third-order valence-electron chi connectivity index (χ3n) is 7.10. The molecule has 4 rings (SSSR count). The maximum absolute atomic E-state index is 13.7. The molecule has 1 atom stereocenters. The van der Waals surface area contributed by atoms with Crippen LogP contribution in [0.5, 0.6) is 0 Å². The van der Waals surface area contributed by atoms with Gasteiger partial charge in [-0.05, 0) is 128 Å². The van der Waals surface area contributed by atoms with E-state index in [1.165, 1.54) is 18.2 Å². The molecule has 0 saturated heterocycles. The molecular formula is C30H38IN5O4S. The van der Waals surface area contributed by atoms with Gasteiger partial charge >= 0.3 is 0 Å². The normalized spacial score (nSPS) is 14.1. The molecule has 0 aliphatic heterocycles. The van der Waals surface area contributed by atoms with E-state index in [-0.39, 0.29) is 10.5 Å². The van der Waals surface area contributed by atoms with E-state index in [0.29, 0.717) is 24.6 Å². The zero-order valence-corrected chi connectivity index (χ0v) is 26.5. The van der Waals surface area contributed by atoms with Crippen LogP contribution in [0.15, 0.2) is 71.9 Å². The Morgan fingerprint density at radius 2 is 1.88 bits per heavy atom. The van der Waals surface area contributed by atoms with E-state index in [9.17, 15) is 13.2 Å². The minimum absolute atomic E-state index is 0.0543. The van der Waals surface area contributed by atoms with Crippen LogP contribution >= 0.6 is 22.6 Å². The summed E-state index contributed by atoms with van der Waals surface area (Å²) in [4.78, 5) is 25.0. The number of benzene rings is 2. The second-order valence-corrected chi connectivity index (χ2v) is 13.1. The van der Waals surface area contributed by atoms with Crippen molar-refractivity contribution in [3.8, 4) is 0 Å². The van der Waals surface area contributed by atoms with E-state index in [0.717, 1.165) is 53.7 Å². The minimum Gasteiger partial charge on any atom is -0.355 e. The van der Waals surface area contributed by atoms with Crippen LogP contribution in [0.4, 0.5) is 11.4 Å². The summed E-state index contributed by atoms with van der Waals surface area (Å²) in [5.74, 6) is 0.0401. The molecule has 3 aromatic rings. The molecule has 9 nitrogen and oxygen atoms in total. The van der Waals surface area contributed by atoms with E-state index in [1.54, 1.807) is 12.4 Å². The van der Waals surface area contributed by atoms with Gasteiger partial charge < -0.3 is 10.2 Å². The van der Waals surface area contributed by atoms with Gasteiger partial charge in [0.1, 0.15) is 0 Å². The van der Waals surface area contributed by atoms with E-state index in [2.05, 4.69) is 61.8 Å². The zero-order chi connectivity index (χ0) is 29.2. The molecule has 1 fully saturated rings. The van der Waals surface area contributed by atoms with Crippen molar-refractivity contribution in [2.75, 3.05) is 31.6 Å². The molecule has 1 aromatic heterocycles. The minimum atomic E-state index is -3.95. The molecule has 0 spiro atoms. The largest absolute Gasteiger partial charge is 0.355 e. The molecule has 1 aliphatic carbocycles. The summed E-state index contributed by atoms with van der Waals surface area (Å²) < 4.78 is 31.4. The Labute approximate surface area is 256 Å². The van der Waals surface area contributed by atoms with Crippen molar-refractivity contribution >= 4 is 49.9 Å². The lowest BCUT2D eigenvalue weighted by Gasteiger charge is -2.22. The van der Waals surface area contributed by atoms with Gasteiger partial charge in [0.25, 0.3) is 5.91 Å². The van der Waals surface area contributed by atoms with Gasteiger partial charge in [0.2, 0.25) is 10.0 Å². The van der Waals surface area contributed by atoms with Gasteiger partial charge in [0.15, 0.2) is 0 Å². The highest BCUT2D eigenvalue weighted by molar-refractivity contribution is 14.1. The molecule has 11 heteroatoms. The summed E-state index contributed by atoms with van der Waals surface area (Å²) >= 11 is 2.22. The van der Waals surface area contributed by atoms with Crippen LogP contribution in [0.2, 0.25) is 0 Å². The highest BCUT2D eigenvalue weighted by Gasteiger charge is 2.25. The Morgan fingerprint density at radius 3 is 2.54 bits per heavy atom. The number of halogens is 1. The van der Waals surface area contributed by atoms with Crippen LogP contribution in [0.1, 0.15) is 61.5 Å². The average molecular weight is 692 g/mol. The Hall–Kier alpha value is -2.58. The molecule has 41 heavy (non-hydrogen) atoms. The third-order valence-corrected chi connectivity index (χ3v) is 9.28. The fourth-order valence-corrected chi connectivity index (χ4v) is 6.08. The fraction of sp³-hybridized carbons (Fsp3) is 0.400. The number of hydrogen-bond acceptors (Lipinski definition) is 7. The first-order valence-electron chi connectivity index (χ1n) is 14.0. The number of nitrogens with one attached hydrogen (secondary N) is 3. The topological polar surface area (TPSA) is 113 Å². The second kappa shape index (κ2) is 15.1. The first-order valence-corrected chi connectivity index (χ1v) is 16.6. The quantitative estimate of drug-likeness (QED) is 0.132. The van der Waals surface area contributed by atoms with Crippen molar-refractivity contribution < 1.29 is 18.0 Å². The van der Waals surface area contributed by atoms with Crippen LogP contribution in [-0.2, 0) is 14.9 Å². The predicted molar refractivity (Wildman–Crippen MR) is 169 cm³/mol. The van der Waals surface area contributed by atoms with Gasteiger partial charge in [-0.1, -0.05) is 19.9 Å². The van der Waals surface area contributed by atoms with Crippen LogP contribution in [-0.4, -0.2) is 50.5 Å². The van der Waals surface area contributed by atoms with Gasteiger partial charge in [0, 0.05) is 27.7 Å². The SMILES string of the molecule is CCN(CC)CCCC(NS(=O)(=O)c1ccc(C(=O)NOCC2CC2)c(Nc2ccc(I)cc2)c1)c1cccnc1. The number of hydrogen-bond donors (Lipinski definition) is 3. The van der Waals surface area contributed by atoms with Gasteiger partial charge in [-0.3, -0.25) is 14.6 Å². The summed E-state index contributed by atoms with van der Waals surface area (Å²) in [6.45, 7) is 7.48. The molecule has 1 unspecified atom stereocenters. The first kappa shape index (κ1) is 31.4. The van der Waals surface area contributed by atoms with Crippen molar-refractivity contribution in [1.82, 2.24) is 20.1 Å². The highest BCUT2D eigenvalue weighted by atomic mass is 127. The van der Waals surface area contributed by atoms with Gasteiger partial charge in [-0.25, -0.2) is 18.6 Å². The average Bonchev–Trinajstić information content (AvgIpc) is 3.81. The lowest BCUT2D eigenvalue weighted by Crippen LogP contribution is -2.31. The van der Waals surface area contributed by atoms with Crippen molar-refractivity contribution in [2.24, 2.45) is 5.92 Å². The molecule has 0 bridgehead atoms. The Kier molecular flexibility index (Phi) is 11.5. The predicted octanol–water partition coefficient (Wildman–Crippen LogP) is 5.64. The molecular weight excluding hydrogens is 653 g/mol. The molecule has 2 aromatic carbocycles. The summed E-state index contributed by atoms with van der Waals surface area (Å²) in [6.07, 6.45) is 7.02. The van der Waals surface area contributed by atoms with E-state index < -0.39 is 22.0 Å². The first-order chi connectivity index (χ1) is 19.8. The molecule has 1 saturated carbocycles. The summed E-state index contributed by atoms with van der Waals surface area (Å²) in [7, 11) is -3.95. The maximum Gasteiger partial charge on any atom is 0.276 e. The standard InChI is InChI=1S/C30H38IN5O4S/c1-3-36(4-2)18-6-8-28(23-7-5-17-32-20-23)35-41(38,39)26-15-16-27(30(37)34-40-21-22-9-10-22)29(19-26)33-25-13-11-24(31)12-14-25/h5,7,11-17,19-20,22,28,33,35H,3-4,6,8-10,18,21H2,1-2H3,(H,34,37). The van der Waals surface area contributed by atoms with Crippen molar-refractivity contribution in [3.63, 3.8) is 0 Å². The Bertz CT molecular complexity index is 1380. The third kappa shape index (κ3) is 9.47. The lowest BCUT2D eigenvalue weighted by atomic mass is 10.0.